The molecule has 1 atom stereocenters. The average molecular weight is 420 g/mol. The van der Waals surface area contributed by atoms with Crippen molar-refractivity contribution in [2.75, 3.05) is 0 Å². The molecule has 20 heavy (non-hydrogen) atoms. The van der Waals surface area contributed by atoms with Crippen LogP contribution < -0.4 is 10.5 Å². The molecule has 2 aromatic rings. The lowest BCUT2D eigenvalue weighted by molar-refractivity contribution is 0.470. The van der Waals surface area contributed by atoms with E-state index in [0.717, 1.165) is 32.4 Å². The number of halogens is 3. The van der Waals surface area contributed by atoms with E-state index < -0.39 is 0 Å². The minimum absolute atomic E-state index is 0.0761. The zero-order chi connectivity index (χ0) is 14.7. The number of ether oxygens (including phenoxy) is 1. The van der Waals surface area contributed by atoms with Crippen LogP contribution in [-0.2, 0) is 6.42 Å². The molecule has 0 fully saturated rings. The number of hydrogen-bond donors (Lipinski definition) is 1. The van der Waals surface area contributed by atoms with Crippen molar-refractivity contribution in [2.24, 2.45) is 5.73 Å². The smallest absolute Gasteiger partial charge is 0.141 e. The van der Waals surface area contributed by atoms with Crippen LogP contribution in [0.15, 0.2) is 45.3 Å². The Morgan fingerprint density at radius 3 is 2.55 bits per heavy atom. The highest BCUT2D eigenvalue weighted by atomic mass is 79.9. The molecular weight excluding hydrogens is 405 g/mol. The topological polar surface area (TPSA) is 35.2 Å². The van der Waals surface area contributed by atoms with Crippen LogP contribution in [-0.4, -0.2) is 6.04 Å². The molecule has 0 saturated heterocycles. The van der Waals surface area contributed by atoms with Crippen molar-refractivity contribution in [1.29, 1.82) is 0 Å². The number of benzene rings is 2. The molecule has 0 spiro atoms. The van der Waals surface area contributed by atoms with Crippen molar-refractivity contribution in [3.63, 3.8) is 0 Å². The van der Waals surface area contributed by atoms with Crippen molar-refractivity contribution in [3.05, 3.63) is 55.9 Å². The van der Waals surface area contributed by atoms with Crippen LogP contribution in [0.3, 0.4) is 0 Å². The Morgan fingerprint density at radius 1 is 1.15 bits per heavy atom. The maximum absolute atomic E-state index is 5.99. The summed E-state index contributed by atoms with van der Waals surface area (Å²) in [6.07, 6.45) is 0.758. The first-order chi connectivity index (χ1) is 9.45. The van der Waals surface area contributed by atoms with E-state index in [-0.39, 0.29) is 6.04 Å². The standard InChI is InChI=1S/C15H14Br2ClNO/c1-9(19)6-10-2-3-11(16)7-15(10)20-14-5-4-12(18)8-13(14)17/h2-5,7-9H,6,19H2,1H3. The molecule has 0 aliphatic carbocycles. The fraction of sp³-hybridized carbons (Fsp3) is 0.200. The molecule has 0 heterocycles. The summed E-state index contributed by atoms with van der Waals surface area (Å²) < 4.78 is 7.77. The maximum atomic E-state index is 5.99. The normalized spacial score (nSPS) is 12.2. The molecule has 0 aromatic heterocycles. The lowest BCUT2D eigenvalue weighted by atomic mass is 10.1. The number of rotatable bonds is 4. The molecule has 0 bridgehead atoms. The van der Waals surface area contributed by atoms with E-state index >= 15 is 0 Å². The van der Waals surface area contributed by atoms with Gasteiger partial charge in [0.15, 0.2) is 0 Å². The highest BCUT2D eigenvalue weighted by Crippen LogP contribution is 2.34. The largest absolute Gasteiger partial charge is 0.456 e. The van der Waals surface area contributed by atoms with Crippen molar-refractivity contribution in [2.45, 2.75) is 19.4 Å². The first kappa shape index (κ1) is 15.8. The molecule has 0 saturated carbocycles. The van der Waals surface area contributed by atoms with Gasteiger partial charge in [0.25, 0.3) is 0 Å². The molecule has 2 nitrogen and oxygen atoms in total. The van der Waals surface area contributed by atoms with Gasteiger partial charge < -0.3 is 10.5 Å². The summed E-state index contributed by atoms with van der Waals surface area (Å²) in [5.41, 5.74) is 6.95. The van der Waals surface area contributed by atoms with Crippen molar-refractivity contribution in [1.82, 2.24) is 0 Å². The molecule has 2 aromatic carbocycles. The molecule has 106 valence electrons. The minimum Gasteiger partial charge on any atom is -0.456 e. The fourth-order valence-corrected chi connectivity index (χ4v) is 2.92. The highest BCUT2D eigenvalue weighted by molar-refractivity contribution is 9.10. The van der Waals surface area contributed by atoms with Crippen LogP contribution >= 0.6 is 43.5 Å². The van der Waals surface area contributed by atoms with Crippen LogP contribution in [0.4, 0.5) is 0 Å². The fourth-order valence-electron chi connectivity index (χ4n) is 1.82. The van der Waals surface area contributed by atoms with Crippen LogP contribution in [0.1, 0.15) is 12.5 Å². The molecule has 2 N–H and O–H groups in total. The molecule has 0 aliphatic heterocycles. The van der Waals surface area contributed by atoms with Crippen LogP contribution in [0.2, 0.25) is 5.02 Å². The lowest BCUT2D eigenvalue weighted by Gasteiger charge is -2.14. The van der Waals surface area contributed by atoms with Crippen LogP contribution in [0.5, 0.6) is 11.5 Å². The SMILES string of the molecule is CC(N)Cc1ccc(Br)cc1Oc1ccc(Cl)cc1Br. The van der Waals surface area contributed by atoms with Crippen molar-refractivity contribution in [3.8, 4) is 11.5 Å². The summed E-state index contributed by atoms with van der Waals surface area (Å²) in [6.45, 7) is 1.98. The van der Waals surface area contributed by atoms with Gasteiger partial charge in [-0.1, -0.05) is 33.6 Å². The Bertz CT molecular complexity index is 617. The number of nitrogens with two attached hydrogens (primary N) is 1. The first-order valence-electron chi connectivity index (χ1n) is 6.12. The summed E-state index contributed by atoms with van der Waals surface area (Å²) in [7, 11) is 0. The van der Waals surface area contributed by atoms with E-state index in [2.05, 4.69) is 31.9 Å². The summed E-state index contributed by atoms with van der Waals surface area (Å²) in [4.78, 5) is 0. The highest BCUT2D eigenvalue weighted by Gasteiger charge is 2.10. The van der Waals surface area contributed by atoms with Gasteiger partial charge in [0.05, 0.1) is 4.47 Å². The van der Waals surface area contributed by atoms with Crippen LogP contribution in [0, 0.1) is 0 Å². The predicted octanol–water partition coefficient (Wildman–Crippen LogP) is 5.55. The van der Waals surface area contributed by atoms with E-state index in [1.165, 1.54) is 0 Å². The zero-order valence-corrected chi connectivity index (χ0v) is 14.8. The summed E-state index contributed by atoms with van der Waals surface area (Å²) in [6, 6.07) is 11.5. The third-order valence-corrected chi connectivity index (χ3v) is 4.03. The Kier molecular flexibility index (Phi) is 5.49. The molecule has 2 rings (SSSR count). The molecule has 0 radical (unpaired) electrons. The second-order valence-corrected chi connectivity index (χ2v) is 6.82. The van der Waals surface area contributed by atoms with E-state index in [9.17, 15) is 0 Å². The lowest BCUT2D eigenvalue weighted by Crippen LogP contribution is -2.18. The van der Waals surface area contributed by atoms with Gasteiger partial charge in [-0.05, 0) is 65.2 Å². The average Bonchev–Trinajstić information content (AvgIpc) is 2.35. The third kappa shape index (κ3) is 4.22. The van der Waals surface area contributed by atoms with Gasteiger partial charge in [0, 0.05) is 15.5 Å². The van der Waals surface area contributed by atoms with E-state index in [1.54, 1.807) is 12.1 Å². The third-order valence-electron chi connectivity index (χ3n) is 2.68. The Balaban J connectivity index is 2.34. The number of hydrogen-bond acceptors (Lipinski definition) is 2. The minimum atomic E-state index is 0.0761. The van der Waals surface area contributed by atoms with Gasteiger partial charge >= 0.3 is 0 Å². The Labute approximate surface area is 140 Å². The quantitative estimate of drug-likeness (QED) is 0.705. The second-order valence-electron chi connectivity index (χ2n) is 4.61. The summed E-state index contributed by atoms with van der Waals surface area (Å²) in [5, 5.41) is 0.661. The molecule has 0 aliphatic rings. The predicted molar refractivity (Wildman–Crippen MR) is 90.7 cm³/mol. The maximum Gasteiger partial charge on any atom is 0.141 e. The molecule has 1 unspecified atom stereocenters. The van der Waals surface area contributed by atoms with Gasteiger partial charge in [-0.15, -0.1) is 0 Å². The monoisotopic (exact) mass is 417 g/mol. The van der Waals surface area contributed by atoms with Gasteiger partial charge in [0.1, 0.15) is 11.5 Å². The van der Waals surface area contributed by atoms with Gasteiger partial charge in [-0.25, -0.2) is 0 Å². The summed E-state index contributed by atoms with van der Waals surface area (Å²) >= 11 is 12.9. The van der Waals surface area contributed by atoms with Gasteiger partial charge in [0.2, 0.25) is 0 Å². The van der Waals surface area contributed by atoms with Crippen molar-refractivity contribution < 1.29 is 4.74 Å². The molecule has 0 amide bonds. The van der Waals surface area contributed by atoms with Crippen molar-refractivity contribution >= 4 is 43.5 Å². The molecule has 5 heteroatoms. The van der Waals surface area contributed by atoms with E-state index in [0.29, 0.717) is 5.02 Å². The zero-order valence-electron chi connectivity index (χ0n) is 10.9. The first-order valence-corrected chi connectivity index (χ1v) is 8.09. The van der Waals surface area contributed by atoms with Gasteiger partial charge in [-0.3, -0.25) is 0 Å². The van der Waals surface area contributed by atoms with Gasteiger partial charge in [-0.2, -0.15) is 0 Å². The van der Waals surface area contributed by atoms with E-state index in [4.69, 9.17) is 22.1 Å². The second kappa shape index (κ2) is 6.94. The molecular formula is C15H14Br2ClNO. The summed E-state index contributed by atoms with van der Waals surface area (Å²) in [5.74, 6) is 1.51. The Hall–Kier alpha value is -0.550. The Morgan fingerprint density at radius 2 is 1.90 bits per heavy atom. The van der Waals surface area contributed by atoms with E-state index in [1.807, 2.05) is 31.2 Å². The van der Waals surface area contributed by atoms with Crippen LogP contribution in [0.25, 0.3) is 0 Å².